The van der Waals surface area contributed by atoms with Crippen molar-refractivity contribution in [1.82, 2.24) is 34.8 Å². The lowest BCUT2D eigenvalue weighted by Crippen LogP contribution is -2.16. The smallest absolute Gasteiger partial charge is 0.274 e. The Hall–Kier alpha value is -10.6. The standard InChI is InChI=1S/C23H21N7O2.C23H4.H3N7O2.8H2/c1-14-11-32-21-17(22-28-26-13-30(14)22)3-2-4-18(21)27-23(31)19-9-16(7-8-24-19)29-10-20(25-12-29)15-5-6-15;1-3-5-7-9-11-13-15-17-19-21-23-22-20-18-16-14-12-10-8-6-4-2;1-2-3-4-5-6-7(8)9;;;;;;;;/h2-4,7-10,12-15H,5-6,11H2,1H3,(H,27,31);1H,2H3;(H2,1,3,5)(H,2,4,6);8*1H/t14-;;;;;;;;;;/m0........../s1. The summed E-state index contributed by atoms with van der Waals surface area (Å²) in [6.07, 6.45) is 14.4. The molecule has 1 atom stereocenters. The number of hydrazine groups is 1. The number of nitrogens with one attached hydrogen (secondary N) is 2. The molecule has 4 N–H and O–H groups in total. The molecule has 0 spiro atoms. The number of terminal acetylenes is 1. The van der Waals surface area contributed by atoms with E-state index in [0.29, 0.717) is 35.5 Å². The molecule has 1 aliphatic carbocycles. The van der Waals surface area contributed by atoms with Crippen molar-refractivity contribution in [2.75, 3.05) is 11.9 Å². The molecule has 0 bridgehead atoms. The lowest BCUT2D eigenvalue weighted by molar-refractivity contribution is -0.546. The monoisotopic (exact) mass is 856 g/mol. The largest absolute Gasteiger partial charge is 0.488 e. The Morgan fingerprint density at radius 1 is 0.906 bits per heavy atom. The van der Waals surface area contributed by atoms with Crippen LogP contribution in [0.1, 0.15) is 66.2 Å². The average Bonchev–Trinajstić information content (AvgIpc) is 3.86. The van der Waals surface area contributed by atoms with Gasteiger partial charge in [-0.25, -0.2) is 4.98 Å². The Balaban J connectivity index is -0.000000335. The molecule has 0 unspecified atom stereocenters. The van der Waals surface area contributed by atoms with Gasteiger partial charge in [-0.15, -0.1) is 16.6 Å². The number of carbonyl (C=O) groups is 1. The molecule has 18 heteroatoms. The highest BCUT2D eigenvalue weighted by molar-refractivity contribution is 6.04. The first-order valence-corrected chi connectivity index (χ1v) is 18.1. The lowest BCUT2D eigenvalue weighted by atomic mass is 10.1. The first-order chi connectivity index (χ1) is 31.4. The highest BCUT2D eigenvalue weighted by atomic mass is 16.7. The second-order valence-electron chi connectivity index (χ2n) is 11.8. The van der Waals surface area contributed by atoms with Crippen molar-refractivity contribution in [3.63, 3.8) is 0 Å². The van der Waals surface area contributed by atoms with Crippen LogP contribution < -0.4 is 21.4 Å². The molecule has 4 heterocycles. The molecule has 2 aliphatic rings. The molecule has 1 saturated carbocycles. The Bertz CT molecular complexity index is 3200. The van der Waals surface area contributed by atoms with Gasteiger partial charge in [0.15, 0.2) is 16.8 Å². The Morgan fingerprint density at radius 2 is 1.53 bits per heavy atom. The SMILES string of the molecule is C#CC#CC#CC#CC#CC#CC#CC#CC#CC#CC#CC.C[C@H]1COc2c(NC(=O)c3cc(-n4cnc(C5CC5)c4)ccn3)cccc2-c2nncn21.NN=NN=NN[N+](=O)[O-].[HH].[HH].[HH].[HH].[HH].[HH].[HH].[HH]. The topological polar surface area (TPSA) is 230 Å². The maximum absolute atomic E-state index is 13.1. The summed E-state index contributed by atoms with van der Waals surface area (Å²) in [6, 6.07) is 9.29. The van der Waals surface area contributed by atoms with Crippen molar-refractivity contribution in [2.24, 2.45) is 26.7 Å². The number of nitrogens with two attached hydrogens (primary N) is 1. The Morgan fingerprint density at radius 3 is 2.11 bits per heavy atom. The van der Waals surface area contributed by atoms with Gasteiger partial charge in [0.05, 0.1) is 40.0 Å². The van der Waals surface area contributed by atoms with Gasteiger partial charge < -0.3 is 35.1 Å². The fraction of sp³-hybridized carbons (Fsp3) is 0.152. The maximum atomic E-state index is 13.1. The van der Waals surface area contributed by atoms with Gasteiger partial charge in [-0.1, -0.05) is 17.2 Å². The van der Waals surface area contributed by atoms with E-state index in [1.807, 2.05) is 46.5 Å². The van der Waals surface area contributed by atoms with Gasteiger partial charge in [-0.3, -0.25) is 9.78 Å². The van der Waals surface area contributed by atoms with E-state index >= 15 is 0 Å². The summed E-state index contributed by atoms with van der Waals surface area (Å²) >= 11 is 0. The molecular formula is C46H44N14O4. The van der Waals surface area contributed by atoms with E-state index in [1.165, 1.54) is 18.4 Å². The third-order valence-corrected chi connectivity index (χ3v) is 7.48. The van der Waals surface area contributed by atoms with Crippen LogP contribution >= 0.6 is 0 Å². The van der Waals surface area contributed by atoms with Crippen LogP contribution in [0.15, 0.2) is 76.3 Å². The van der Waals surface area contributed by atoms with Crippen molar-refractivity contribution in [2.45, 2.75) is 38.6 Å². The van der Waals surface area contributed by atoms with Gasteiger partial charge in [-0.05, 0) is 146 Å². The third kappa shape index (κ3) is 15.9. The first kappa shape index (κ1) is 46.0. The third-order valence-electron chi connectivity index (χ3n) is 7.48. The number of para-hydroxylation sites is 1. The molecule has 322 valence electrons. The van der Waals surface area contributed by atoms with Gasteiger partial charge in [0.25, 0.3) is 5.91 Å². The van der Waals surface area contributed by atoms with Gasteiger partial charge in [0, 0.05) is 64.2 Å². The number of pyridine rings is 1. The second kappa shape index (κ2) is 26.4. The van der Waals surface area contributed by atoms with E-state index in [-0.39, 0.29) is 23.4 Å². The maximum Gasteiger partial charge on any atom is 0.274 e. The number of rotatable bonds is 7. The summed E-state index contributed by atoms with van der Waals surface area (Å²) < 4.78 is 9.96. The van der Waals surface area contributed by atoms with Crippen molar-refractivity contribution in [3.8, 4) is 154 Å². The van der Waals surface area contributed by atoms with Crippen LogP contribution in [0, 0.1) is 141 Å². The van der Waals surface area contributed by atoms with Crippen molar-refractivity contribution >= 4 is 11.6 Å². The molecule has 18 nitrogen and oxygen atoms in total. The lowest BCUT2D eigenvalue weighted by Gasteiger charge is -2.14. The number of benzene rings is 1. The minimum Gasteiger partial charge on any atom is -0.488 e. The zero-order chi connectivity index (χ0) is 45.6. The van der Waals surface area contributed by atoms with E-state index < -0.39 is 5.03 Å². The minimum atomic E-state index is -0.907. The summed E-state index contributed by atoms with van der Waals surface area (Å²) in [5.74, 6) is 57.9. The molecule has 0 radical (unpaired) electrons. The van der Waals surface area contributed by atoms with Crippen LogP contribution in [0.2, 0.25) is 0 Å². The van der Waals surface area contributed by atoms with Crippen LogP contribution in [0.5, 0.6) is 5.75 Å². The summed E-state index contributed by atoms with van der Waals surface area (Å²) in [5, 5.41) is 30.5. The van der Waals surface area contributed by atoms with Crippen molar-refractivity contribution < 1.29 is 26.0 Å². The molecule has 1 fully saturated rings. The molecule has 3 aromatic heterocycles. The fourth-order valence-corrected chi connectivity index (χ4v) is 4.70. The number of fused-ring (bicyclic) bond motifs is 3. The first-order valence-electron chi connectivity index (χ1n) is 18.1. The van der Waals surface area contributed by atoms with E-state index in [2.05, 4.69) is 177 Å². The number of imidazole rings is 1. The number of hydrogen-bond acceptors (Lipinski definition) is 10. The predicted molar refractivity (Wildman–Crippen MR) is 250 cm³/mol. The van der Waals surface area contributed by atoms with Crippen molar-refractivity contribution in [1.29, 1.82) is 0 Å². The molecule has 4 aromatic rings. The van der Waals surface area contributed by atoms with Crippen LogP contribution in [0.4, 0.5) is 5.69 Å². The number of amides is 1. The Labute approximate surface area is 379 Å². The normalized spacial score (nSPS) is 11.4. The van der Waals surface area contributed by atoms with Crippen molar-refractivity contribution in [3.05, 3.63) is 76.9 Å². The molecule has 6 rings (SSSR count). The van der Waals surface area contributed by atoms with E-state index in [0.717, 1.165) is 16.9 Å². The Kier molecular flexibility index (Phi) is 19.0. The molecular weight excluding hydrogens is 813 g/mol. The number of nitro groups is 1. The summed E-state index contributed by atoms with van der Waals surface area (Å²) in [5.41, 5.74) is 4.96. The average molecular weight is 857 g/mol. The van der Waals surface area contributed by atoms with E-state index in [4.69, 9.17) is 11.2 Å². The van der Waals surface area contributed by atoms with Crippen LogP contribution in [0.25, 0.3) is 17.1 Å². The zero-order valence-corrected chi connectivity index (χ0v) is 33.7. The fourth-order valence-electron chi connectivity index (χ4n) is 4.70. The van der Waals surface area contributed by atoms with Crippen LogP contribution in [0.3, 0.4) is 0 Å². The molecule has 1 amide bonds. The van der Waals surface area contributed by atoms with E-state index in [9.17, 15) is 14.9 Å². The highest BCUT2D eigenvalue weighted by Crippen LogP contribution is 2.40. The minimum absolute atomic E-state index is 0. The second-order valence-corrected chi connectivity index (χ2v) is 11.8. The van der Waals surface area contributed by atoms with Gasteiger partial charge >= 0.3 is 0 Å². The summed E-state index contributed by atoms with van der Waals surface area (Å²) in [6.45, 7) is 4.18. The number of aromatic nitrogens is 6. The molecule has 1 aromatic carbocycles. The molecule has 1 aliphatic heterocycles. The van der Waals surface area contributed by atoms with Crippen LogP contribution in [-0.4, -0.2) is 46.8 Å². The van der Waals surface area contributed by atoms with Gasteiger partial charge in [0.1, 0.15) is 23.9 Å². The summed E-state index contributed by atoms with van der Waals surface area (Å²) in [4.78, 5) is 31.2. The van der Waals surface area contributed by atoms with Gasteiger partial charge in [-0.2, -0.15) is 0 Å². The highest BCUT2D eigenvalue weighted by Gasteiger charge is 2.26. The molecule has 64 heavy (non-hydrogen) atoms. The number of anilines is 1. The number of hydrogen-bond donors (Lipinski definition) is 3. The number of nitrogens with zero attached hydrogens (tertiary/aromatic N) is 11. The van der Waals surface area contributed by atoms with Crippen LogP contribution in [-0.2, 0) is 0 Å². The number of carbonyl (C=O) groups excluding carboxylic acids is 1. The number of ether oxygens (including phenoxy) is 1. The van der Waals surface area contributed by atoms with E-state index in [1.54, 1.807) is 31.8 Å². The summed E-state index contributed by atoms with van der Waals surface area (Å²) in [7, 11) is 0. The van der Waals surface area contributed by atoms with Gasteiger partial charge in [0.2, 0.25) is 0 Å². The quantitative estimate of drug-likeness (QED) is 0.0682. The predicted octanol–water partition coefficient (Wildman–Crippen LogP) is 5.63. The molecule has 0 saturated heterocycles. The zero-order valence-electron chi connectivity index (χ0n) is 33.7.